The number of phenols is 2. The third kappa shape index (κ3) is 3.90. The molecule has 0 bridgehead atoms. The van der Waals surface area contributed by atoms with E-state index < -0.39 is 11.9 Å². The van der Waals surface area contributed by atoms with Gasteiger partial charge in [-0.15, -0.1) is 0 Å². The number of hydrogen-bond donors (Lipinski definition) is 5. The molecule has 1 rings (SSSR count). The van der Waals surface area contributed by atoms with Crippen molar-refractivity contribution < 1.29 is 19.8 Å². The van der Waals surface area contributed by atoms with Crippen molar-refractivity contribution in [3.63, 3.8) is 0 Å². The Bertz CT molecular complexity index is 434. The van der Waals surface area contributed by atoms with Crippen LogP contribution in [0.5, 0.6) is 11.5 Å². The third-order valence-corrected chi connectivity index (χ3v) is 1.94. The van der Waals surface area contributed by atoms with Crippen LogP contribution in [0.15, 0.2) is 18.2 Å². The average Bonchev–Trinajstić information content (AvgIpc) is 2.23. The molecule has 0 spiro atoms. The summed E-state index contributed by atoms with van der Waals surface area (Å²) in [5.41, 5.74) is 4.87. The fourth-order valence-corrected chi connectivity index (χ4v) is 1.17. The maximum atomic E-state index is 11.5. The number of urea groups is 1. The van der Waals surface area contributed by atoms with E-state index in [1.165, 1.54) is 12.1 Å². The topological polar surface area (TPSA) is 125 Å². The van der Waals surface area contributed by atoms with E-state index in [0.717, 1.165) is 6.07 Å². The molecule has 7 nitrogen and oxygen atoms in total. The van der Waals surface area contributed by atoms with Gasteiger partial charge in [-0.1, -0.05) is 0 Å². The van der Waals surface area contributed by atoms with Gasteiger partial charge in [0, 0.05) is 19.2 Å². The van der Waals surface area contributed by atoms with Gasteiger partial charge in [0.1, 0.15) is 11.5 Å². The van der Waals surface area contributed by atoms with E-state index in [0.29, 0.717) is 0 Å². The Labute approximate surface area is 97.2 Å². The lowest BCUT2D eigenvalue weighted by molar-refractivity contribution is 0.0951. The molecule has 7 heteroatoms. The van der Waals surface area contributed by atoms with Gasteiger partial charge in [0.15, 0.2) is 0 Å². The van der Waals surface area contributed by atoms with Crippen molar-refractivity contribution in [1.82, 2.24) is 10.6 Å². The van der Waals surface area contributed by atoms with Crippen LogP contribution in [0.4, 0.5) is 4.79 Å². The van der Waals surface area contributed by atoms with Crippen LogP contribution in [0, 0.1) is 0 Å². The molecule has 0 radical (unpaired) electrons. The van der Waals surface area contributed by atoms with Gasteiger partial charge in [0.2, 0.25) is 0 Å². The number of nitrogens with one attached hydrogen (secondary N) is 2. The maximum absolute atomic E-state index is 11.5. The highest BCUT2D eigenvalue weighted by Gasteiger charge is 2.10. The van der Waals surface area contributed by atoms with E-state index in [1.54, 1.807) is 0 Å². The highest BCUT2D eigenvalue weighted by molar-refractivity contribution is 5.97. The van der Waals surface area contributed by atoms with Crippen molar-refractivity contribution in [3.05, 3.63) is 23.8 Å². The van der Waals surface area contributed by atoms with E-state index in [2.05, 4.69) is 10.6 Å². The van der Waals surface area contributed by atoms with Gasteiger partial charge >= 0.3 is 6.03 Å². The Morgan fingerprint density at radius 2 is 1.82 bits per heavy atom. The number of primary amides is 1. The molecule has 1 aromatic carbocycles. The molecule has 0 saturated heterocycles. The minimum atomic E-state index is -0.674. The second-order valence-corrected chi connectivity index (χ2v) is 3.25. The van der Waals surface area contributed by atoms with Crippen molar-refractivity contribution >= 4 is 11.9 Å². The fraction of sp³-hybridized carbons (Fsp3) is 0.200. The first kappa shape index (κ1) is 12.6. The molecule has 17 heavy (non-hydrogen) atoms. The average molecular weight is 239 g/mol. The van der Waals surface area contributed by atoms with Crippen LogP contribution in [-0.2, 0) is 0 Å². The molecule has 0 aromatic heterocycles. The van der Waals surface area contributed by atoms with Crippen LogP contribution in [0.2, 0.25) is 0 Å². The zero-order valence-corrected chi connectivity index (χ0v) is 8.93. The molecule has 0 fully saturated rings. The molecule has 0 atom stereocenters. The molecule has 0 aliphatic carbocycles. The summed E-state index contributed by atoms with van der Waals surface area (Å²) in [6.07, 6.45) is 0. The summed E-state index contributed by atoms with van der Waals surface area (Å²) in [6.45, 7) is 0.377. The zero-order chi connectivity index (χ0) is 12.8. The number of carbonyl (C=O) groups is 2. The van der Waals surface area contributed by atoms with Gasteiger partial charge in [-0.3, -0.25) is 4.79 Å². The van der Waals surface area contributed by atoms with Gasteiger partial charge in [-0.25, -0.2) is 4.79 Å². The van der Waals surface area contributed by atoms with Gasteiger partial charge in [-0.2, -0.15) is 0 Å². The fourth-order valence-electron chi connectivity index (χ4n) is 1.17. The molecule has 0 unspecified atom stereocenters. The van der Waals surface area contributed by atoms with E-state index in [-0.39, 0.29) is 30.2 Å². The van der Waals surface area contributed by atoms with Gasteiger partial charge in [-0.05, 0) is 12.1 Å². The lowest BCUT2D eigenvalue weighted by Gasteiger charge is -2.07. The molecule has 3 amide bonds. The van der Waals surface area contributed by atoms with E-state index >= 15 is 0 Å². The van der Waals surface area contributed by atoms with Crippen molar-refractivity contribution in [1.29, 1.82) is 0 Å². The standard InChI is InChI=1S/C10H13N3O4/c11-10(17)13-4-3-12-9(16)7-2-1-6(14)5-8(7)15/h1-2,5,14-15H,3-4H2,(H,12,16)(H3,11,13,17). The summed E-state index contributed by atoms with van der Waals surface area (Å²) in [5, 5.41) is 23.2. The summed E-state index contributed by atoms with van der Waals surface area (Å²) in [6, 6.07) is 2.97. The Balaban J connectivity index is 2.50. The summed E-state index contributed by atoms with van der Waals surface area (Å²) < 4.78 is 0. The van der Waals surface area contributed by atoms with E-state index in [1.807, 2.05) is 0 Å². The molecule has 92 valence electrons. The molecule has 0 saturated carbocycles. The minimum absolute atomic E-state index is 0.0434. The van der Waals surface area contributed by atoms with Crippen molar-refractivity contribution in [2.75, 3.05) is 13.1 Å². The van der Waals surface area contributed by atoms with Crippen LogP contribution in [0.1, 0.15) is 10.4 Å². The molecule has 0 heterocycles. The molecule has 1 aromatic rings. The number of hydrogen-bond acceptors (Lipinski definition) is 4. The quantitative estimate of drug-likeness (QED) is 0.454. The molecule has 0 aliphatic heterocycles. The van der Waals surface area contributed by atoms with Crippen LogP contribution in [0.25, 0.3) is 0 Å². The molecular formula is C10H13N3O4. The first-order chi connectivity index (χ1) is 8.00. The van der Waals surface area contributed by atoms with Crippen LogP contribution in [-0.4, -0.2) is 35.2 Å². The van der Waals surface area contributed by atoms with Gasteiger partial charge in [0.25, 0.3) is 5.91 Å². The lowest BCUT2D eigenvalue weighted by Crippen LogP contribution is -2.37. The predicted molar refractivity (Wildman–Crippen MR) is 59.7 cm³/mol. The van der Waals surface area contributed by atoms with Crippen molar-refractivity contribution in [2.24, 2.45) is 5.73 Å². The monoisotopic (exact) mass is 239 g/mol. The number of nitrogens with two attached hydrogens (primary N) is 1. The Hall–Kier alpha value is -2.44. The second-order valence-electron chi connectivity index (χ2n) is 3.25. The van der Waals surface area contributed by atoms with Gasteiger partial charge < -0.3 is 26.6 Å². The zero-order valence-electron chi connectivity index (χ0n) is 8.93. The number of phenolic OH excluding ortho intramolecular Hbond substituents is 2. The van der Waals surface area contributed by atoms with Crippen LogP contribution < -0.4 is 16.4 Å². The number of amides is 3. The van der Waals surface area contributed by atoms with Crippen molar-refractivity contribution in [2.45, 2.75) is 0 Å². The van der Waals surface area contributed by atoms with E-state index in [9.17, 15) is 14.7 Å². The minimum Gasteiger partial charge on any atom is -0.508 e. The largest absolute Gasteiger partial charge is 0.508 e. The number of carbonyl (C=O) groups excluding carboxylic acids is 2. The highest BCUT2D eigenvalue weighted by Crippen LogP contribution is 2.22. The van der Waals surface area contributed by atoms with Crippen LogP contribution >= 0.6 is 0 Å². The predicted octanol–water partition coefficient (Wildman–Crippen LogP) is -0.504. The molecular weight excluding hydrogens is 226 g/mol. The normalized spacial score (nSPS) is 9.65. The SMILES string of the molecule is NC(=O)NCCNC(=O)c1ccc(O)cc1O. The van der Waals surface area contributed by atoms with Crippen LogP contribution in [0.3, 0.4) is 0 Å². The smallest absolute Gasteiger partial charge is 0.312 e. The van der Waals surface area contributed by atoms with Gasteiger partial charge in [0.05, 0.1) is 5.56 Å². The maximum Gasteiger partial charge on any atom is 0.312 e. The molecule has 0 aliphatic rings. The third-order valence-electron chi connectivity index (χ3n) is 1.94. The first-order valence-electron chi connectivity index (χ1n) is 4.84. The first-order valence-corrected chi connectivity index (χ1v) is 4.84. The summed E-state index contributed by atoms with van der Waals surface area (Å²) in [4.78, 5) is 21.9. The van der Waals surface area contributed by atoms with Crippen molar-refractivity contribution in [3.8, 4) is 11.5 Å². The molecule has 6 N–H and O–H groups in total. The Morgan fingerprint density at radius 3 is 2.41 bits per heavy atom. The lowest BCUT2D eigenvalue weighted by atomic mass is 10.2. The highest BCUT2D eigenvalue weighted by atomic mass is 16.3. The summed E-state index contributed by atoms with van der Waals surface area (Å²) >= 11 is 0. The number of aromatic hydroxyl groups is 2. The number of benzene rings is 1. The Morgan fingerprint density at radius 1 is 1.18 bits per heavy atom. The Kier molecular flexibility index (Phi) is 4.15. The number of rotatable bonds is 4. The summed E-state index contributed by atoms with van der Waals surface area (Å²) in [5.74, 6) is -0.950. The summed E-state index contributed by atoms with van der Waals surface area (Å²) in [7, 11) is 0. The second kappa shape index (κ2) is 5.59. The van der Waals surface area contributed by atoms with E-state index in [4.69, 9.17) is 10.8 Å².